The summed E-state index contributed by atoms with van der Waals surface area (Å²) < 4.78 is 25.1. The van der Waals surface area contributed by atoms with Crippen LogP contribution in [0.5, 0.6) is 0 Å². The molecule has 0 atom stereocenters. The molecule has 0 aliphatic heterocycles. The van der Waals surface area contributed by atoms with E-state index in [-0.39, 0.29) is 42.1 Å². The van der Waals surface area contributed by atoms with Crippen molar-refractivity contribution in [1.82, 2.24) is 0 Å². The minimum absolute atomic E-state index is 0. The minimum atomic E-state index is -3.74. The Morgan fingerprint density at radius 2 is 1.75 bits per heavy atom. The SMILES string of the molecule is CCC(CC)COS(N)(=O)=O.[NaH]. The van der Waals surface area contributed by atoms with E-state index in [1.165, 1.54) is 0 Å². The van der Waals surface area contributed by atoms with Gasteiger partial charge in [-0.2, -0.15) is 8.42 Å². The third-order valence-corrected chi connectivity index (χ3v) is 2.09. The molecule has 0 amide bonds. The van der Waals surface area contributed by atoms with Gasteiger partial charge in [-0.3, -0.25) is 4.18 Å². The molecular formula is C6H16NNaO3S. The van der Waals surface area contributed by atoms with Crippen LogP contribution in [0.2, 0.25) is 0 Å². The van der Waals surface area contributed by atoms with Crippen molar-refractivity contribution >= 4 is 39.9 Å². The summed E-state index contributed by atoms with van der Waals surface area (Å²) in [6.07, 6.45) is 1.82. The number of nitrogens with two attached hydrogens (primary N) is 1. The molecule has 0 aliphatic carbocycles. The molecule has 0 aromatic rings. The van der Waals surface area contributed by atoms with Crippen molar-refractivity contribution in [2.24, 2.45) is 11.1 Å². The van der Waals surface area contributed by atoms with Crippen molar-refractivity contribution in [3.05, 3.63) is 0 Å². The summed E-state index contributed by atoms with van der Waals surface area (Å²) in [7, 11) is -3.74. The van der Waals surface area contributed by atoms with Crippen molar-refractivity contribution < 1.29 is 12.6 Å². The zero-order valence-corrected chi connectivity index (χ0v) is 7.73. The van der Waals surface area contributed by atoms with E-state index in [4.69, 9.17) is 0 Å². The molecule has 4 nitrogen and oxygen atoms in total. The van der Waals surface area contributed by atoms with Crippen LogP contribution in [-0.4, -0.2) is 44.6 Å². The van der Waals surface area contributed by atoms with E-state index >= 15 is 0 Å². The van der Waals surface area contributed by atoms with Crippen molar-refractivity contribution in [3.63, 3.8) is 0 Å². The Balaban J connectivity index is 0. The van der Waals surface area contributed by atoms with Gasteiger partial charge in [0.15, 0.2) is 0 Å². The molecule has 0 bridgehead atoms. The van der Waals surface area contributed by atoms with E-state index in [0.29, 0.717) is 0 Å². The van der Waals surface area contributed by atoms with Gasteiger partial charge in [0.1, 0.15) is 0 Å². The van der Waals surface area contributed by atoms with E-state index in [1.54, 1.807) is 0 Å². The third-order valence-electron chi connectivity index (χ3n) is 1.62. The van der Waals surface area contributed by atoms with Crippen LogP contribution in [0.1, 0.15) is 26.7 Å². The molecule has 0 unspecified atom stereocenters. The van der Waals surface area contributed by atoms with Gasteiger partial charge in [-0.1, -0.05) is 26.7 Å². The summed E-state index contributed by atoms with van der Waals surface area (Å²) in [4.78, 5) is 0. The third kappa shape index (κ3) is 8.96. The van der Waals surface area contributed by atoms with Gasteiger partial charge >= 0.3 is 39.9 Å². The fourth-order valence-electron chi connectivity index (χ4n) is 0.715. The Morgan fingerprint density at radius 3 is 2.00 bits per heavy atom. The van der Waals surface area contributed by atoms with Crippen LogP contribution < -0.4 is 5.14 Å². The molecule has 0 spiro atoms. The fourth-order valence-corrected chi connectivity index (χ4v) is 1.10. The van der Waals surface area contributed by atoms with Crippen molar-refractivity contribution in [2.45, 2.75) is 26.7 Å². The normalized spacial score (nSPS) is 11.3. The summed E-state index contributed by atoms with van der Waals surface area (Å²) in [5, 5.41) is 4.64. The van der Waals surface area contributed by atoms with Gasteiger partial charge in [-0.15, -0.1) is 0 Å². The van der Waals surface area contributed by atoms with Gasteiger partial charge in [0, 0.05) is 0 Å². The molecule has 6 heteroatoms. The first kappa shape index (κ1) is 15.3. The molecular weight excluding hydrogens is 189 g/mol. The zero-order chi connectivity index (χ0) is 8.91. The van der Waals surface area contributed by atoms with E-state index in [2.05, 4.69) is 9.32 Å². The molecule has 0 rings (SSSR count). The maximum absolute atomic E-state index is 10.3. The summed E-state index contributed by atoms with van der Waals surface area (Å²) in [6.45, 7) is 4.17. The molecule has 0 saturated carbocycles. The molecule has 70 valence electrons. The predicted molar refractivity (Wildman–Crippen MR) is 50.3 cm³/mol. The molecule has 0 aliphatic rings. The average molecular weight is 205 g/mol. The molecule has 0 aromatic carbocycles. The maximum atomic E-state index is 10.3. The Labute approximate surface area is 96.4 Å². The van der Waals surface area contributed by atoms with Gasteiger partial charge in [0.05, 0.1) is 6.61 Å². The first-order chi connectivity index (χ1) is 4.99. The van der Waals surface area contributed by atoms with Crippen LogP contribution in [0.4, 0.5) is 0 Å². The first-order valence-electron chi connectivity index (χ1n) is 3.66. The van der Waals surface area contributed by atoms with E-state index in [1.807, 2.05) is 13.8 Å². The molecule has 0 heterocycles. The van der Waals surface area contributed by atoms with Gasteiger partial charge in [0.2, 0.25) is 0 Å². The molecule has 0 saturated heterocycles. The van der Waals surface area contributed by atoms with E-state index < -0.39 is 10.3 Å². The van der Waals surface area contributed by atoms with Crippen LogP contribution in [0, 0.1) is 5.92 Å². The van der Waals surface area contributed by atoms with Gasteiger partial charge in [-0.25, -0.2) is 5.14 Å². The van der Waals surface area contributed by atoms with Gasteiger partial charge in [0.25, 0.3) is 0 Å². The predicted octanol–water partition coefficient (Wildman–Crippen LogP) is -0.00580. The Kier molecular flexibility index (Phi) is 9.32. The van der Waals surface area contributed by atoms with Crippen LogP contribution in [0.3, 0.4) is 0 Å². The quantitative estimate of drug-likeness (QED) is 0.642. The first-order valence-corrected chi connectivity index (χ1v) is 5.13. The van der Waals surface area contributed by atoms with Crippen LogP contribution in [0.15, 0.2) is 0 Å². The van der Waals surface area contributed by atoms with Crippen LogP contribution in [0.25, 0.3) is 0 Å². The Morgan fingerprint density at radius 1 is 1.33 bits per heavy atom. The average Bonchev–Trinajstić information content (AvgIpc) is 1.88. The number of hydrogen-bond donors (Lipinski definition) is 1. The Bertz CT molecular complexity index is 189. The fraction of sp³-hybridized carbons (Fsp3) is 1.00. The summed E-state index contributed by atoms with van der Waals surface area (Å²) in [6, 6.07) is 0. The summed E-state index contributed by atoms with van der Waals surface area (Å²) in [5.74, 6) is 0.285. The second-order valence-corrected chi connectivity index (χ2v) is 3.68. The van der Waals surface area contributed by atoms with Crippen LogP contribution >= 0.6 is 0 Å². The summed E-state index contributed by atoms with van der Waals surface area (Å²) >= 11 is 0. The second-order valence-electron chi connectivity index (χ2n) is 2.46. The molecule has 12 heavy (non-hydrogen) atoms. The van der Waals surface area contributed by atoms with Crippen molar-refractivity contribution in [2.75, 3.05) is 6.61 Å². The molecule has 0 fully saturated rings. The molecule has 0 aromatic heterocycles. The zero-order valence-electron chi connectivity index (χ0n) is 6.91. The standard InChI is InChI=1S/C6H15NO3S.Na.H/c1-3-6(4-2)5-10-11(7,8)9;;/h6H,3-5H2,1-2H3,(H2,7,8,9);;. The second kappa shape index (κ2) is 7.29. The van der Waals surface area contributed by atoms with E-state index in [0.717, 1.165) is 12.8 Å². The molecule has 0 radical (unpaired) electrons. The van der Waals surface area contributed by atoms with Crippen molar-refractivity contribution in [3.8, 4) is 0 Å². The van der Waals surface area contributed by atoms with Gasteiger partial charge < -0.3 is 0 Å². The number of hydrogen-bond acceptors (Lipinski definition) is 3. The van der Waals surface area contributed by atoms with E-state index in [9.17, 15) is 8.42 Å². The monoisotopic (exact) mass is 205 g/mol. The number of rotatable bonds is 5. The summed E-state index contributed by atoms with van der Waals surface area (Å²) in [5.41, 5.74) is 0. The van der Waals surface area contributed by atoms with Crippen LogP contribution in [-0.2, 0) is 14.5 Å². The molecule has 2 N–H and O–H groups in total. The Hall–Kier alpha value is 0.870. The van der Waals surface area contributed by atoms with Crippen molar-refractivity contribution in [1.29, 1.82) is 0 Å². The topological polar surface area (TPSA) is 69.4 Å². The van der Waals surface area contributed by atoms with Gasteiger partial charge in [-0.05, 0) is 5.92 Å².